The predicted octanol–water partition coefficient (Wildman–Crippen LogP) is 3.75. The average molecular weight is 364 g/mol. The van der Waals surface area contributed by atoms with E-state index in [9.17, 15) is 0 Å². The highest BCUT2D eigenvalue weighted by atomic mass is 16.5. The van der Waals surface area contributed by atoms with E-state index in [1.54, 1.807) is 0 Å². The lowest BCUT2D eigenvalue weighted by atomic mass is 10.2. The van der Waals surface area contributed by atoms with Gasteiger partial charge in [0.25, 0.3) is 0 Å². The van der Waals surface area contributed by atoms with Crippen molar-refractivity contribution in [2.75, 3.05) is 13.1 Å². The molecule has 5 heteroatoms. The third kappa shape index (κ3) is 3.99. The van der Waals surface area contributed by atoms with Crippen molar-refractivity contribution in [1.29, 1.82) is 0 Å². The topological polar surface area (TPSA) is 46.2 Å². The molecule has 3 aromatic rings. The van der Waals surface area contributed by atoms with Gasteiger partial charge < -0.3 is 14.4 Å². The molecule has 0 radical (unpaired) electrons. The molecule has 2 aromatic heterocycles. The fourth-order valence-electron chi connectivity index (χ4n) is 4.06. The Hall–Kier alpha value is -2.37. The molecule has 0 saturated carbocycles. The van der Waals surface area contributed by atoms with Crippen LogP contribution < -0.4 is 5.32 Å². The zero-order valence-corrected chi connectivity index (χ0v) is 16.4. The number of hydrogen-bond acceptors (Lipinski definition) is 4. The Balaban J connectivity index is 1.36. The number of aromatic nitrogens is 2. The van der Waals surface area contributed by atoms with Gasteiger partial charge in [0, 0.05) is 49.7 Å². The Morgan fingerprint density at radius 1 is 1.15 bits per heavy atom. The second-order valence-corrected chi connectivity index (χ2v) is 7.61. The summed E-state index contributed by atoms with van der Waals surface area (Å²) in [4.78, 5) is 2.54. The van der Waals surface area contributed by atoms with Crippen LogP contribution >= 0.6 is 0 Å². The standard InChI is InChI=1S/C22H28N4O/c1-16-11-20(18(3)26(16)22-12-17(2)27-24-22)13-23-21-9-10-25(15-21)14-19-7-5-4-6-8-19/h4-8,11-12,21,23H,9-10,13-15H2,1-3H3/t21-/m1/s1. The molecule has 0 spiro atoms. The van der Waals surface area contributed by atoms with Crippen LogP contribution in [0.25, 0.3) is 5.82 Å². The van der Waals surface area contributed by atoms with Crippen LogP contribution in [0.4, 0.5) is 0 Å². The van der Waals surface area contributed by atoms with E-state index in [0.717, 1.165) is 37.8 Å². The third-order valence-corrected chi connectivity index (χ3v) is 5.48. The van der Waals surface area contributed by atoms with Crippen molar-refractivity contribution in [3.8, 4) is 5.82 Å². The summed E-state index contributed by atoms with van der Waals surface area (Å²) in [6, 6.07) is 15.5. The first-order valence-corrected chi connectivity index (χ1v) is 9.71. The molecule has 1 saturated heterocycles. The van der Waals surface area contributed by atoms with E-state index in [-0.39, 0.29) is 0 Å². The zero-order valence-electron chi connectivity index (χ0n) is 16.4. The number of benzene rings is 1. The lowest BCUT2D eigenvalue weighted by molar-refractivity contribution is 0.320. The van der Waals surface area contributed by atoms with Gasteiger partial charge in [-0.25, -0.2) is 0 Å². The second kappa shape index (κ2) is 7.71. The van der Waals surface area contributed by atoms with Gasteiger partial charge in [0.15, 0.2) is 5.82 Å². The minimum absolute atomic E-state index is 0.547. The van der Waals surface area contributed by atoms with Crippen LogP contribution in [0.3, 0.4) is 0 Å². The molecule has 0 bridgehead atoms. The molecule has 1 N–H and O–H groups in total. The molecule has 3 heterocycles. The van der Waals surface area contributed by atoms with Gasteiger partial charge in [-0.05, 0) is 44.4 Å². The normalized spacial score (nSPS) is 17.7. The Kier molecular flexibility index (Phi) is 5.14. The van der Waals surface area contributed by atoms with Gasteiger partial charge in [-0.3, -0.25) is 4.90 Å². The number of rotatable bonds is 6. The van der Waals surface area contributed by atoms with Crippen molar-refractivity contribution < 1.29 is 4.52 Å². The summed E-state index contributed by atoms with van der Waals surface area (Å²) >= 11 is 0. The van der Waals surface area contributed by atoms with Gasteiger partial charge in [0.2, 0.25) is 0 Å². The highest BCUT2D eigenvalue weighted by Crippen LogP contribution is 2.21. The summed E-state index contributed by atoms with van der Waals surface area (Å²) in [5.41, 5.74) is 5.14. The molecule has 4 rings (SSSR count). The first-order valence-electron chi connectivity index (χ1n) is 9.71. The summed E-state index contributed by atoms with van der Waals surface area (Å²) in [6.07, 6.45) is 1.20. The average Bonchev–Trinajstić information content (AvgIpc) is 3.34. The van der Waals surface area contributed by atoms with E-state index in [0.29, 0.717) is 6.04 Å². The SMILES string of the molecule is Cc1cc(-n2c(C)cc(CN[C@@H]3CCN(Cc4ccccc4)C3)c2C)no1. The van der Waals surface area contributed by atoms with Crippen molar-refractivity contribution in [1.82, 2.24) is 19.9 Å². The molecule has 1 atom stereocenters. The van der Waals surface area contributed by atoms with Gasteiger partial charge in [-0.1, -0.05) is 35.5 Å². The largest absolute Gasteiger partial charge is 0.360 e. The van der Waals surface area contributed by atoms with Gasteiger partial charge in [-0.15, -0.1) is 0 Å². The van der Waals surface area contributed by atoms with Crippen LogP contribution in [0.2, 0.25) is 0 Å². The maximum Gasteiger partial charge on any atom is 0.180 e. The molecule has 0 amide bonds. The first kappa shape index (κ1) is 18.0. The van der Waals surface area contributed by atoms with Crippen LogP contribution in [0.1, 0.15) is 34.7 Å². The lowest BCUT2D eigenvalue weighted by Crippen LogP contribution is -2.32. The highest BCUT2D eigenvalue weighted by molar-refractivity contribution is 5.36. The molecule has 1 fully saturated rings. The van der Waals surface area contributed by atoms with Gasteiger partial charge >= 0.3 is 0 Å². The van der Waals surface area contributed by atoms with E-state index < -0.39 is 0 Å². The van der Waals surface area contributed by atoms with Crippen LogP contribution in [0, 0.1) is 20.8 Å². The number of nitrogens with one attached hydrogen (secondary N) is 1. The quantitative estimate of drug-likeness (QED) is 0.723. The van der Waals surface area contributed by atoms with Crippen molar-refractivity contribution >= 4 is 0 Å². The Morgan fingerprint density at radius 3 is 2.70 bits per heavy atom. The molecular formula is C22H28N4O. The van der Waals surface area contributed by atoms with Crippen LogP contribution in [0.15, 0.2) is 47.0 Å². The molecule has 1 aromatic carbocycles. The molecule has 1 aliphatic heterocycles. The number of hydrogen-bond donors (Lipinski definition) is 1. The van der Waals surface area contributed by atoms with E-state index in [2.05, 4.69) is 70.2 Å². The fourth-order valence-corrected chi connectivity index (χ4v) is 4.06. The Labute approximate surface area is 161 Å². The monoisotopic (exact) mass is 364 g/mol. The Morgan fingerprint density at radius 2 is 1.96 bits per heavy atom. The van der Waals surface area contributed by atoms with E-state index in [1.807, 2.05) is 13.0 Å². The molecule has 0 unspecified atom stereocenters. The molecule has 1 aliphatic rings. The van der Waals surface area contributed by atoms with E-state index in [4.69, 9.17) is 4.52 Å². The van der Waals surface area contributed by atoms with Crippen molar-refractivity contribution in [3.63, 3.8) is 0 Å². The number of nitrogens with zero attached hydrogens (tertiary/aromatic N) is 3. The summed E-state index contributed by atoms with van der Waals surface area (Å²) in [5.74, 6) is 1.70. The molecular weight excluding hydrogens is 336 g/mol. The summed E-state index contributed by atoms with van der Waals surface area (Å²) < 4.78 is 7.42. The fraction of sp³-hybridized carbons (Fsp3) is 0.409. The van der Waals surface area contributed by atoms with E-state index in [1.165, 1.54) is 28.9 Å². The minimum Gasteiger partial charge on any atom is -0.360 e. The van der Waals surface area contributed by atoms with Crippen molar-refractivity contribution in [2.24, 2.45) is 0 Å². The molecule has 142 valence electrons. The minimum atomic E-state index is 0.547. The predicted molar refractivity (Wildman–Crippen MR) is 107 cm³/mol. The molecule has 5 nitrogen and oxygen atoms in total. The second-order valence-electron chi connectivity index (χ2n) is 7.61. The summed E-state index contributed by atoms with van der Waals surface area (Å²) in [7, 11) is 0. The maximum absolute atomic E-state index is 5.25. The number of likely N-dealkylation sites (tertiary alicyclic amines) is 1. The van der Waals surface area contributed by atoms with Crippen LogP contribution in [0.5, 0.6) is 0 Å². The smallest absolute Gasteiger partial charge is 0.180 e. The van der Waals surface area contributed by atoms with Crippen molar-refractivity contribution in [3.05, 3.63) is 70.7 Å². The number of aryl methyl sites for hydroxylation is 2. The third-order valence-electron chi connectivity index (χ3n) is 5.48. The summed E-state index contributed by atoms with van der Waals surface area (Å²) in [5, 5.41) is 7.92. The zero-order chi connectivity index (χ0) is 18.8. The summed E-state index contributed by atoms with van der Waals surface area (Å²) in [6.45, 7) is 10.4. The first-order chi connectivity index (χ1) is 13.1. The van der Waals surface area contributed by atoms with E-state index >= 15 is 0 Å². The lowest BCUT2D eigenvalue weighted by Gasteiger charge is -2.17. The van der Waals surface area contributed by atoms with Gasteiger partial charge in [-0.2, -0.15) is 0 Å². The van der Waals surface area contributed by atoms with Crippen molar-refractivity contribution in [2.45, 2.75) is 46.3 Å². The molecule has 0 aliphatic carbocycles. The Bertz CT molecular complexity index is 896. The van der Waals surface area contributed by atoms with Gasteiger partial charge in [0.1, 0.15) is 5.76 Å². The molecule has 27 heavy (non-hydrogen) atoms. The van der Waals surface area contributed by atoms with Crippen LogP contribution in [-0.4, -0.2) is 33.8 Å². The van der Waals surface area contributed by atoms with Gasteiger partial charge in [0.05, 0.1) is 0 Å². The highest BCUT2D eigenvalue weighted by Gasteiger charge is 2.22. The maximum atomic E-state index is 5.25. The van der Waals surface area contributed by atoms with Crippen LogP contribution in [-0.2, 0) is 13.1 Å².